The van der Waals surface area contributed by atoms with Crippen LogP contribution in [0.4, 0.5) is 5.69 Å². The summed E-state index contributed by atoms with van der Waals surface area (Å²) in [5.41, 5.74) is 5.19. The number of hydrogen-bond acceptors (Lipinski definition) is 5. The molecule has 8 heteroatoms. The fourth-order valence-corrected chi connectivity index (χ4v) is 3.71. The van der Waals surface area contributed by atoms with Crippen molar-refractivity contribution in [2.45, 2.75) is 44.0 Å². The van der Waals surface area contributed by atoms with E-state index >= 15 is 0 Å². The second-order valence-electron chi connectivity index (χ2n) is 5.00. The third-order valence-corrected chi connectivity index (χ3v) is 5.35. The Balaban J connectivity index is 3.20. The van der Waals surface area contributed by atoms with Crippen molar-refractivity contribution in [1.82, 2.24) is 4.72 Å². The van der Waals surface area contributed by atoms with Crippen LogP contribution >= 0.6 is 0 Å². The van der Waals surface area contributed by atoms with E-state index < -0.39 is 20.5 Å². The number of hydrogen-bond donors (Lipinski definition) is 2. The van der Waals surface area contributed by atoms with Gasteiger partial charge in [0, 0.05) is 23.7 Å². The van der Waals surface area contributed by atoms with Gasteiger partial charge in [0.1, 0.15) is 0 Å². The van der Waals surface area contributed by atoms with Crippen molar-refractivity contribution >= 4 is 15.7 Å². The monoisotopic (exact) mass is 315 g/mol. The molecule has 0 radical (unpaired) electrons. The number of nitrogens with one attached hydrogen (secondary N) is 1. The van der Waals surface area contributed by atoms with Gasteiger partial charge in [-0.05, 0) is 31.9 Å². The van der Waals surface area contributed by atoms with E-state index in [2.05, 4.69) is 4.72 Å². The van der Waals surface area contributed by atoms with Gasteiger partial charge in [-0.1, -0.05) is 13.8 Å². The highest BCUT2D eigenvalue weighted by Crippen LogP contribution is 2.23. The number of sulfonamides is 1. The van der Waals surface area contributed by atoms with E-state index in [-0.39, 0.29) is 17.1 Å². The first kappa shape index (κ1) is 17.5. The average molecular weight is 315 g/mol. The van der Waals surface area contributed by atoms with Gasteiger partial charge in [0.2, 0.25) is 10.0 Å². The van der Waals surface area contributed by atoms with E-state index in [1.54, 1.807) is 0 Å². The van der Waals surface area contributed by atoms with Crippen LogP contribution in [0, 0.1) is 17.0 Å². The zero-order chi connectivity index (χ0) is 16.3. The molecule has 1 rings (SSSR count). The molecule has 1 aromatic rings. The minimum Gasteiger partial charge on any atom is -0.329 e. The molecule has 0 aliphatic heterocycles. The summed E-state index contributed by atoms with van der Waals surface area (Å²) in [7, 11) is -3.77. The maximum absolute atomic E-state index is 12.4. The summed E-state index contributed by atoms with van der Waals surface area (Å²) in [5, 5.41) is 10.8. The summed E-state index contributed by atoms with van der Waals surface area (Å²) in [5.74, 6) is 0. The first-order valence-electron chi connectivity index (χ1n) is 6.70. The number of nitro groups is 1. The molecule has 3 N–H and O–H groups in total. The average Bonchev–Trinajstić information content (AvgIpc) is 2.44. The highest BCUT2D eigenvalue weighted by Gasteiger charge is 2.31. The lowest BCUT2D eigenvalue weighted by molar-refractivity contribution is -0.385. The Hall–Kier alpha value is -1.51. The third kappa shape index (κ3) is 3.78. The molecule has 1 aromatic carbocycles. The van der Waals surface area contributed by atoms with E-state index in [4.69, 9.17) is 5.73 Å². The number of nitrogens with two attached hydrogens (primary N) is 1. The van der Waals surface area contributed by atoms with Crippen molar-refractivity contribution < 1.29 is 13.3 Å². The molecule has 7 nitrogen and oxygen atoms in total. The molecule has 0 saturated heterocycles. The van der Waals surface area contributed by atoms with Crippen molar-refractivity contribution in [3.05, 3.63) is 33.9 Å². The smallest absolute Gasteiger partial charge is 0.272 e. The topological polar surface area (TPSA) is 115 Å². The van der Waals surface area contributed by atoms with Crippen LogP contribution in [0.5, 0.6) is 0 Å². The Morgan fingerprint density at radius 2 is 1.90 bits per heavy atom. The van der Waals surface area contributed by atoms with Crippen LogP contribution in [0.25, 0.3) is 0 Å². The van der Waals surface area contributed by atoms with Gasteiger partial charge in [-0.2, -0.15) is 0 Å². The molecule has 118 valence electrons. The van der Waals surface area contributed by atoms with Crippen LogP contribution in [0.2, 0.25) is 0 Å². The van der Waals surface area contributed by atoms with Crippen LogP contribution in [0.15, 0.2) is 23.1 Å². The highest BCUT2D eigenvalue weighted by atomic mass is 32.2. The normalized spacial score (nSPS) is 12.4. The summed E-state index contributed by atoms with van der Waals surface area (Å²) < 4.78 is 27.5. The molecule has 0 unspecified atom stereocenters. The van der Waals surface area contributed by atoms with Crippen LogP contribution < -0.4 is 10.5 Å². The lowest BCUT2D eigenvalue weighted by Gasteiger charge is -2.31. The Bertz CT molecular complexity index is 616. The Kier molecular flexibility index (Phi) is 5.43. The number of rotatable bonds is 7. The zero-order valence-electron chi connectivity index (χ0n) is 12.4. The standard InChI is InChI=1S/C13H21N3O4S/c1-4-13(5-2,9-14)15-21(19,20)11-6-7-12(16(17)18)10(3)8-11/h6-8,15H,4-5,9,14H2,1-3H3. The van der Waals surface area contributed by atoms with Crippen molar-refractivity contribution in [3.8, 4) is 0 Å². The van der Waals surface area contributed by atoms with E-state index in [1.807, 2.05) is 13.8 Å². The van der Waals surface area contributed by atoms with Gasteiger partial charge in [0.05, 0.1) is 9.82 Å². The van der Waals surface area contributed by atoms with E-state index in [0.29, 0.717) is 18.4 Å². The minimum absolute atomic E-state index is 0.00493. The summed E-state index contributed by atoms with van der Waals surface area (Å²) in [6.45, 7) is 5.41. The van der Waals surface area contributed by atoms with Crippen LogP contribution in [0.1, 0.15) is 32.3 Å². The molecule has 21 heavy (non-hydrogen) atoms. The summed E-state index contributed by atoms with van der Waals surface area (Å²) in [4.78, 5) is 10.2. The Morgan fingerprint density at radius 1 is 1.33 bits per heavy atom. The predicted octanol–water partition coefficient (Wildman–Crippen LogP) is 1.70. The predicted molar refractivity (Wildman–Crippen MR) is 80.5 cm³/mol. The third-order valence-electron chi connectivity index (χ3n) is 3.77. The van der Waals surface area contributed by atoms with E-state index in [9.17, 15) is 18.5 Å². The molecule has 0 amide bonds. The fraction of sp³-hybridized carbons (Fsp3) is 0.538. The molecule has 0 heterocycles. The van der Waals surface area contributed by atoms with Crippen LogP contribution in [-0.2, 0) is 10.0 Å². The van der Waals surface area contributed by atoms with Gasteiger partial charge in [0.15, 0.2) is 0 Å². The van der Waals surface area contributed by atoms with E-state index in [1.165, 1.54) is 25.1 Å². The molecule has 0 aromatic heterocycles. The second-order valence-corrected chi connectivity index (χ2v) is 6.68. The van der Waals surface area contributed by atoms with E-state index in [0.717, 1.165) is 0 Å². The molecule has 0 saturated carbocycles. The minimum atomic E-state index is -3.77. The van der Waals surface area contributed by atoms with Crippen molar-refractivity contribution in [3.63, 3.8) is 0 Å². The fourth-order valence-electron chi connectivity index (χ4n) is 2.07. The number of nitrogens with zero attached hydrogens (tertiary/aromatic N) is 1. The van der Waals surface area contributed by atoms with Gasteiger partial charge in [-0.25, -0.2) is 13.1 Å². The number of benzene rings is 1. The SMILES string of the molecule is CCC(CC)(CN)NS(=O)(=O)c1ccc([N+](=O)[O-])c(C)c1. The van der Waals surface area contributed by atoms with Gasteiger partial charge in [-0.3, -0.25) is 10.1 Å². The molecule has 0 fully saturated rings. The van der Waals surface area contributed by atoms with Crippen molar-refractivity contribution in [2.24, 2.45) is 5.73 Å². The van der Waals surface area contributed by atoms with Gasteiger partial charge < -0.3 is 5.73 Å². The first-order chi connectivity index (χ1) is 9.71. The molecular weight excluding hydrogens is 294 g/mol. The molecular formula is C13H21N3O4S. The molecule has 0 aliphatic rings. The quantitative estimate of drug-likeness (QED) is 0.587. The largest absolute Gasteiger partial charge is 0.329 e. The summed E-state index contributed by atoms with van der Waals surface area (Å²) in [6.07, 6.45) is 1.12. The zero-order valence-corrected chi connectivity index (χ0v) is 13.2. The molecule has 0 atom stereocenters. The number of aryl methyl sites for hydroxylation is 1. The molecule has 0 bridgehead atoms. The van der Waals surface area contributed by atoms with Crippen LogP contribution in [0.3, 0.4) is 0 Å². The lowest BCUT2D eigenvalue weighted by Crippen LogP contribution is -2.52. The summed E-state index contributed by atoms with van der Waals surface area (Å²) >= 11 is 0. The second kappa shape index (κ2) is 6.50. The van der Waals surface area contributed by atoms with Gasteiger partial charge in [0.25, 0.3) is 5.69 Å². The Labute approximate surface area is 124 Å². The summed E-state index contributed by atoms with van der Waals surface area (Å²) in [6, 6.07) is 3.74. The molecule has 0 aliphatic carbocycles. The number of nitro benzene ring substituents is 1. The Morgan fingerprint density at radius 3 is 2.29 bits per heavy atom. The highest BCUT2D eigenvalue weighted by molar-refractivity contribution is 7.89. The van der Waals surface area contributed by atoms with Gasteiger partial charge >= 0.3 is 0 Å². The van der Waals surface area contributed by atoms with Crippen molar-refractivity contribution in [2.75, 3.05) is 6.54 Å². The lowest BCUT2D eigenvalue weighted by atomic mass is 9.95. The first-order valence-corrected chi connectivity index (χ1v) is 8.18. The van der Waals surface area contributed by atoms with Crippen molar-refractivity contribution in [1.29, 1.82) is 0 Å². The van der Waals surface area contributed by atoms with Crippen LogP contribution in [-0.4, -0.2) is 25.4 Å². The molecule has 0 spiro atoms. The maximum atomic E-state index is 12.4. The van der Waals surface area contributed by atoms with Gasteiger partial charge in [-0.15, -0.1) is 0 Å². The maximum Gasteiger partial charge on any atom is 0.272 e.